The lowest BCUT2D eigenvalue weighted by Gasteiger charge is -2.24. The van der Waals surface area contributed by atoms with E-state index < -0.39 is 9.84 Å². The minimum Gasteiger partial charge on any atom is -0.316 e. The molecule has 1 aromatic carbocycles. The monoisotopic (exact) mass is 366 g/mol. The predicted octanol–water partition coefficient (Wildman–Crippen LogP) is 2.64. The van der Waals surface area contributed by atoms with Gasteiger partial charge in [0.1, 0.15) is 0 Å². The Hall–Kier alpha value is -1.34. The molecular formula is C17H22N2O3S2. The zero-order valence-corrected chi connectivity index (χ0v) is 15.7. The van der Waals surface area contributed by atoms with E-state index in [2.05, 4.69) is 4.99 Å². The van der Waals surface area contributed by atoms with E-state index in [1.54, 1.807) is 0 Å². The molecule has 2 heterocycles. The van der Waals surface area contributed by atoms with Crippen LogP contribution in [-0.2, 0) is 14.6 Å². The van der Waals surface area contributed by atoms with Crippen molar-refractivity contribution in [3.63, 3.8) is 0 Å². The standard InChI is InChI=1S/C17H22N2O3S2/c1-11(2)7-16(20)18-17-19(13-6-4-5-12(3)8-13)14-9-24(21,22)10-15(14)23-17/h4-6,8,11,14-15H,7,9-10H2,1-3H3/t14-,15+/m0/s1. The molecule has 0 spiro atoms. The minimum absolute atomic E-state index is 0.0545. The average molecular weight is 367 g/mol. The van der Waals surface area contributed by atoms with Gasteiger partial charge < -0.3 is 4.90 Å². The number of carbonyl (C=O) groups is 1. The fraction of sp³-hybridized carbons (Fsp3) is 0.529. The van der Waals surface area contributed by atoms with Gasteiger partial charge in [-0.25, -0.2) is 8.42 Å². The van der Waals surface area contributed by atoms with Gasteiger partial charge in [0.25, 0.3) is 0 Å². The molecule has 2 saturated heterocycles. The Morgan fingerprint density at radius 2 is 2.12 bits per heavy atom. The molecule has 0 saturated carbocycles. The Balaban J connectivity index is 1.97. The highest BCUT2D eigenvalue weighted by Gasteiger charge is 2.49. The average Bonchev–Trinajstić information content (AvgIpc) is 2.88. The normalized spacial score (nSPS) is 27.0. The van der Waals surface area contributed by atoms with Crippen LogP contribution in [0.4, 0.5) is 5.69 Å². The van der Waals surface area contributed by atoms with Gasteiger partial charge in [0.05, 0.1) is 17.5 Å². The summed E-state index contributed by atoms with van der Waals surface area (Å²) in [5.74, 6) is 0.381. The Morgan fingerprint density at radius 1 is 1.38 bits per heavy atom. The van der Waals surface area contributed by atoms with Gasteiger partial charge in [0, 0.05) is 17.4 Å². The number of hydrogen-bond donors (Lipinski definition) is 0. The molecule has 0 N–H and O–H groups in total. The molecule has 2 aliphatic heterocycles. The molecule has 24 heavy (non-hydrogen) atoms. The second kappa shape index (κ2) is 6.52. The fourth-order valence-electron chi connectivity index (χ4n) is 3.15. The van der Waals surface area contributed by atoms with Crippen LogP contribution in [0.1, 0.15) is 25.8 Å². The molecule has 0 bridgehead atoms. The van der Waals surface area contributed by atoms with E-state index in [1.165, 1.54) is 11.8 Å². The van der Waals surface area contributed by atoms with Crippen molar-refractivity contribution in [3.05, 3.63) is 29.8 Å². The van der Waals surface area contributed by atoms with Crippen molar-refractivity contribution < 1.29 is 13.2 Å². The van der Waals surface area contributed by atoms with Crippen molar-refractivity contribution in [1.29, 1.82) is 0 Å². The Morgan fingerprint density at radius 3 is 2.79 bits per heavy atom. The first-order chi connectivity index (χ1) is 11.2. The van der Waals surface area contributed by atoms with Crippen LogP contribution < -0.4 is 4.90 Å². The number of benzene rings is 1. The topological polar surface area (TPSA) is 66.8 Å². The molecular weight excluding hydrogens is 344 g/mol. The molecule has 7 heteroatoms. The lowest BCUT2D eigenvalue weighted by atomic mass is 10.1. The van der Waals surface area contributed by atoms with Gasteiger partial charge in [-0.15, -0.1) is 0 Å². The molecule has 3 rings (SSSR count). The summed E-state index contributed by atoms with van der Waals surface area (Å²) >= 11 is 1.42. The number of sulfone groups is 1. The van der Waals surface area contributed by atoms with Gasteiger partial charge >= 0.3 is 0 Å². The number of thioether (sulfide) groups is 1. The first-order valence-electron chi connectivity index (χ1n) is 8.09. The van der Waals surface area contributed by atoms with Crippen LogP contribution in [0.15, 0.2) is 29.3 Å². The third-order valence-electron chi connectivity index (χ3n) is 4.15. The number of anilines is 1. The van der Waals surface area contributed by atoms with Crippen molar-refractivity contribution >= 4 is 38.4 Å². The van der Waals surface area contributed by atoms with E-state index in [0.29, 0.717) is 11.6 Å². The zero-order valence-electron chi connectivity index (χ0n) is 14.1. The number of rotatable bonds is 3. The molecule has 0 aliphatic carbocycles. The maximum Gasteiger partial charge on any atom is 0.248 e. The maximum absolute atomic E-state index is 12.2. The number of fused-ring (bicyclic) bond motifs is 1. The van der Waals surface area contributed by atoms with Gasteiger partial charge in [0.2, 0.25) is 5.91 Å². The van der Waals surface area contributed by atoms with Crippen molar-refractivity contribution in [2.45, 2.75) is 38.5 Å². The summed E-state index contributed by atoms with van der Waals surface area (Å²) in [6.07, 6.45) is 0.402. The number of aryl methyl sites for hydroxylation is 1. The van der Waals surface area contributed by atoms with Crippen LogP contribution in [0.3, 0.4) is 0 Å². The van der Waals surface area contributed by atoms with E-state index >= 15 is 0 Å². The molecule has 2 atom stereocenters. The third kappa shape index (κ3) is 3.67. The molecule has 5 nitrogen and oxygen atoms in total. The Labute approximate surface area is 147 Å². The first kappa shape index (κ1) is 17.5. The van der Waals surface area contributed by atoms with E-state index in [0.717, 1.165) is 11.3 Å². The molecule has 2 fully saturated rings. The van der Waals surface area contributed by atoms with Crippen LogP contribution >= 0.6 is 11.8 Å². The van der Waals surface area contributed by atoms with Crippen LogP contribution in [0, 0.1) is 12.8 Å². The smallest absolute Gasteiger partial charge is 0.248 e. The maximum atomic E-state index is 12.2. The number of amidine groups is 1. The van der Waals surface area contributed by atoms with Crippen LogP contribution in [-0.4, -0.2) is 42.3 Å². The minimum atomic E-state index is -3.03. The summed E-state index contributed by atoms with van der Waals surface area (Å²) in [5.41, 5.74) is 2.00. The molecule has 0 radical (unpaired) electrons. The molecule has 130 valence electrons. The van der Waals surface area contributed by atoms with Crippen molar-refractivity contribution in [2.24, 2.45) is 10.9 Å². The van der Waals surface area contributed by atoms with Crippen LogP contribution in [0.25, 0.3) is 0 Å². The number of hydrogen-bond acceptors (Lipinski definition) is 4. The molecule has 2 aliphatic rings. The van der Waals surface area contributed by atoms with E-state index in [1.807, 2.05) is 49.9 Å². The second-order valence-electron chi connectivity index (χ2n) is 6.90. The van der Waals surface area contributed by atoms with Gasteiger partial charge in [0.15, 0.2) is 15.0 Å². The quantitative estimate of drug-likeness (QED) is 0.823. The van der Waals surface area contributed by atoms with Crippen LogP contribution in [0.5, 0.6) is 0 Å². The van der Waals surface area contributed by atoms with E-state index in [9.17, 15) is 13.2 Å². The zero-order chi connectivity index (χ0) is 17.5. The highest BCUT2D eigenvalue weighted by Crippen LogP contribution is 2.41. The van der Waals surface area contributed by atoms with Gasteiger partial charge in [-0.1, -0.05) is 37.7 Å². The second-order valence-corrected chi connectivity index (χ2v) is 10.3. The van der Waals surface area contributed by atoms with E-state index in [4.69, 9.17) is 0 Å². The molecule has 1 amide bonds. The Bertz CT molecular complexity index is 787. The summed E-state index contributed by atoms with van der Waals surface area (Å²) < 4.78 is 24.0. The lowest BCUT2D eigenvalue weighted by molar-refractivity contribution is -0.118. The van der Waals surface area contributed by atoms with Crippen molar-refractivity contribution in [2.75, 3.05) is 16.4 Å². The van der Waals surface area contributed by atoms with E-state index in [-0.39, 0.29) is 34.6 Å². The van der Waals surface area contributed by atoms with Gasteiger partial charge in [-0.3, -0.25) is 4.79 Å². The molecule has 0 aromatic heterocycles. The number of carbonyl (C=O) groups excluding carboxylic acids is 1. The van der Waals surface area contributed by atoms with Crippen LogP contribution in [0.2, 0.25) is 0 Å². The third-order valence-corrected chi connectivity index (χ3v) is 7.36. The van der Waals surface area contributed by atoms with Gasteiger partial charge in [-0.2, -0.15) is 4.99 Å². The summed E-state index contributed by atoms with van der Waals surface area (Å²) in [6.45, 7) is 5.97. The fourth-order valence-corrected chi connectivity index (χ4v) is 7.08. The first-order valence-corrected chi connectivity index (χ1v) is 10.8. The largest absolute Gasteiger partial charge is 0.316 e. The van der Waals surface area contributed by atoms with Gasteiger partial charge in [-0.05, 0) is 30.5 Å². The molecule has 1 aromatic rings. The van der Waals surface area contributed by atoms with Crippen molar-refractivity contribution in [1.82, 2.24) is 0 Å². The summed E-state index contributed by atoms with van der Waals surface area (Å²) in [5, 5.41) is 0.581. The molecule has 0 unspecified atom stereocenters. The number of nitrogens with zero attached hydrogens (tertiary/aromatic N) is 2. The number of aliphatic imine (C=N–C) groups is 1. The highest BCUT2D eigenvalue weighted by molar-refractivity contribution is 8.16. The SMILES string of the molecule is Cc1cccc(N2C(=NC(=O)CC(C)C)S[C@@H]3CS(=O)(=O)C[C@@H]32)c1. The number of amides is 1. The Kier molecular flexibility index (Phi) is 4.75. The predicted molar refractivity (Wildman–Crippen MR) is 99.4 cm³/mol. The summed E-state index contributed by atoms with van der Waals surface area (Å²) in [6, 6.07) is 7.75. The summed E-state index contributed by atoms with van der Waals surface area (Å²) in [7, 11) is -3.03. The lowest BCUT2D eigenvalue weighted by Crippen LogP contribution is -2.37. The highest BCUT2D eigenvalue weighted by atomic mass is 32.2. The van der Waals surface area contributed by atoms with Crippen molar-refractivity contribution in [3.8, 4) is 0 Å². The summed E-state index contributed by atoms with van der Waals surface area (Å²) in [4.78, 5) is 18.4.